The summed E-state index contributed by atoms with van der Waals surface area (Å²) in [7, 11) is 0. The molecule has 0 amide bonds. The number of aromatic nitrogens is 1. The third-order valence-electron chi connectivity index (χ3n) is 2.81. The van der Waals surface area contributed by atoms with E-state index in [0.717, 1.165) is 11.3 Å². The number of nitrogens with zero attached hydrogens (tertiary/aromatic N) is 1. The molecule has 0 saturated heterocycles. The van der Waals surface area contributed by atoms with Crippen molar-refractivity contribution in [1.29, 1.82) is 0 Å². The van der Waals surface area contributed by atoms with Crippen molar-refractivity contribution >= 4 is 11.9 Å². The number of aromatic amines is 1. The van der Waals surface area contributed by atoms with Gasteiger partial charge >= 0.3 is 0 Å². The zero-order valence-corrected chi connectivity index (χ0v) is 10.9. The van der Waals surface area contributed by atoms with Crippen molar-refractivity contribution in [2.45, 2.75) is 26.2 Å². The molecule has 2 aromatic rings. The van der Waals surface area contributed by atoms with Crippen molar-refractivity contribution in [3.63, 3.8) is 0 Å². The number of hydrogen-bond donors (Lipinski definition) is 2. The number of nitrogens with one attached hydrogen (secondary N) is 1. The number of rotatable bonds is 2. The number of aliphatic imine (C=N–C) groups is 1. The van der Waals surface area contributed by atoms with Gasteiger partial charge < -0.3 is 10.1 Å². The predicted octanol–water partition coefficient (Wildman–Crippen LogP) is 3.77. The van der Waals surface area contributed by atoms with Gasteiger partial charge in [-0.25, -0.2) is 0 Å². The van der Waals surface area contributed by atoms with E-state index < -0.39 is 0 Å². The van der Waals surface area contributed by atoms with E-state index in [1.165, 1.54) is 0 Å². The van der Waals surface area contributed by atoms with Crippen LogP contribution in [0, 0.1) is 0 Å². The summed E-state index contributed by atoms with van der Waals surface area (Å²) in [6.07, 6.45) is 3.55. The van der Waals surface area contributed by atoms with Gasteiger partial charge in [0.05, 0.1) is 11.9 Å². The highest BCUT2D eigenvalue weighted by Crippen LogP contribution is 2.32. The first-order valence-electron chi connectivity index (χ1n) is 5.98. The van der Waals surface area contributed by atoms with Crippen LogP contribution in [0.1, 0.15) is 32.0 Å². The van der Waals surface area contributed by atoms with Gasteiger partial charge in [-0.1, -0.05) is 26.8 Å². The first-order valence-corrected chi connectivity index (χ1v) is 5.98. The Morgan fingerprint density at radius 1 is 1.22 bits per heavy atom. The van der Waals surface area contributed by atoms with Crippen LogP contribution in [0.5, 0.6) is 5.75 Å². The average molecular weight is 242 g/mol. The second-order valence-electron chi connectivity index (χ2n) is 5.34. The minimum absolute atomic E-state index is 0.0460. The molecule has 0 radical (unpaired) electrons. The standard InChI is InChI=1S/C15H18N2O/c1-15(2,3)11-6-7-14(18)13(9-11)17-10-12-5-4-8-16-12/h4-10,16,18H,1-3H3. The molecule has 0 unspecified atom stereocenters. The van der Waals surface area contributed by atoms with Crippen LogP contribution in [-0.4, -0.2) is 16.3 Å². The maximum Gasteiger partial charge on any atom is 0.141 e. The van der Waals surface area contributed by atoms with Crippen molar-refractivity contribution in [3.05, 3.63) is 47.8 Å². The molecule has 1 heterocycles. The molecule has 0 spiro atoms. The maximum absolute atomic E-state index is 9.81. The molecular weight excluding hydrogens is 224 g/mol. The summed E-state index contributed by atoms with van der Waals surface area (Å²) in [4.78, 5) is 7.36. The first-order chi connectivity index (χ1) is 8.47. The fraction of sp³-hybridized carbons (Fsp3) is 0.267. The lowest BCUT2D eigenvalue weighted by atomic mass is 9.87. The highest BCUT2D eigenvalue weighted by atomic mass is 16.3. The summed E-state index contributed by atoms with van der Waals surface area (Å²) < 4.78 is 0. The zero-order chi connectivity index (χ0) is 13.2. The van der Waals surface area contributed by atoms with Gasteiger partial charge in [-0.05, 0) is 35.2 Å². The van der Waals surface area contributed by atoms with Crippen LogP contribution in [0.15, 0.2) is 41.5 Å². The average Bonchev–Trinajstić information content (AvgIpc) is 2.79. The van der Waals surface area contributed by atoms with Crippen LogP contribution in [0.3, 0.4) is 0 Å². The van der Waals surface area contributed by atoms with Crippen molar-refractivity contribution in [1.82, 2.24) is 4.98 Å². The van der Waals surface area contributed by atoms with E-state index in [2.05, 4.69) is 30.7 Å². The molecular formula is C15H18N2O. The molecule has 0 aliphatic carbocycles. The van der Waals surface area contributed by atoms with Crippen molar-refractivity contribution in [3.8, 4) is 5.75 Å². The molecule has 18 heavy (non-hydrogen) atoms. The molecule has 2 N–H and O–H groups in total. The molecule has 2 rings (SSSR count). The van der Waals surface area contributed by atoms with Crippen molar-refractivity contribution in [2.24, 2.45) is 4.99 Å². The largest absolute Gasteiger partial charge is 0.506 e. The number of phenolic OH excluding ortho intramolecular Hbond substituents is 1. The molecule has 3 heteroatoms. The minimum Gasteiger partial charge on any atom is -0.506 e. The van der Waals surface area contributed by atoms with Gasteiger partial charge in [0.2, 0.25) is 0 Å². The number of phenols is 1. The number of hydrogen-bond acceptors (Lipinski definition) is 2. The van der Waals surface area contributed by atoms with Crippen LogP contribution < -0.4 is 0 Å². The fourth-order valence-electron chi connectivity index (χ4n) is 1.66. The lowest BCUT2D eigenvalue weighted by Gasteiger charge is -2.19. The normalized spacial score (nSPS) is 12.2. The minimum atomic E-state index is 0.0460. The molecule has 94 valence electrons. The Bertz CT molecular complexity index is 548. The Balaban J connectivity index is 2.33. The lowest BCUT2D eigenvalue weighted by molar-refractivity contribution is 0.475. The van der Waals surface area contributed by atoms with Crippen molar-refractivity contribution < 1.29 is 5.11 Å². The SMILES string of the molecule is CC(C)(C)c1ccc(O)c(N=Cc2ccc[nH]2)c1. The molecule has 0 bridgehead atoms. The highest BCUT2D eigenvalue weighted by Gasteiger charge is 2.14. The summed E-state index contributed by atoms with van der Waals surface area (Å²) in [6, 6.07) is 9.39. The van der Waals surface area contributed by atoms with E-state index in [9.17, 15) is 5.11 Å². The summed E-state index contributed by atoms with van der Waals surface area (Å²) in [6.45, 7) is 6.41. The molecule has 1 aromatic heterocycles. The van der Waals surface area contributed by atoms with Gasteiger partial charge in [0.15, 0.2) is 0 Å². The second kappa shape index (κ2) is 4.69. The predicted molar refractivity (Wildman–Crippen MR) is 74.9 cm³/mol. The van der Waals surface area contributed by atoms with E-state index in [-0.39, 0.29) is 11.2 Å². The Kier molecular flexibility index (Phi) is 3.24. The lowest BCUT2D eigenvalue weighted by Crippen LogP contribution is -2.10. The van der Waals surface area contributed by atoms with E-state index in [0.29, 0.717) is 5.69 Å². The van der Waals surface area contributed by atoms with Gasteiger partial charge in [0, 0.05) is 6.20 Å². The van der Waals surface area contributed by atoms with Crippen LogP contribution >= 0.6 is 0 Å². The molecule has 1 aromatic carbocycles. The van der Waals surface area contributed by atoms with Gasteiger partial charge in [-0.2, -0.15) is 0 Å². The second-order valence-corrected chi connectivity index (χ2v) is 5.34. The molecule has 0 fully saturated rings. The summed E-state index contributed by atoms with van der Waals surface area (Å²) in [5.41, 5.74) is 2.70. The number of aromatic hydroxyl groups is 1. The van der Waals surface area contributed by atoms with Gasteiger partial charge in [0.25, 0.3) is 0 Å². The van der Waals surface area contributed by atoms with Crippen LogP contribution in [-0.2, 0) is 5.41 Å². The number of benzene rings is 1. The first kappa shape index (κ1) is 12.4. The third-order valence-corrected chi connectivity index (χ3v) is 2.81. The Morgan fingerprint density at radius 3 is 2.61 bits per heavy atom. The molecule has 0 aliphatic heterocycles. The Hall–Kier alpha value is -2.03. The molecule has 0 saturated carbocycles. The highest BCUT2D eigenvalue weighted by molar-refractivity contribution is 5.80. The fourth-order valence-corrected chi connectivity index (χ4v) is 1.66. The summed E-state index contributed by atoms with van der Waals surface area (Å²) in [5.74, 6) is 0.200. The molecule has 0 aliphatic rings. The Morgan fingerprint density at radius 2 is 2.00 bits per heavy atom. The topological polar surface area (TPSA) is 48.4 Å². The maximum atomic E-state index is 9.81. The Labute approximate surface area is 107 Å². The monoisotopic (exact) mass is 242 g/mol. The van der Waals surface area contributed by atoms with Crippen molar-refractivity contribution in [2.75, 3.05) is 0 Å². The van der Waals surface area contributed by atoms with E-state index in [1.54, 1.807) is 12.3 Å². The van der Waals surface area contributed by atoms with Gasteiger partial charge in [-0.15, -0.1) is 0 Å². The van der Waals surface area contributed by atoms with Gasteiger partial charge in [0.1, 0.15) is 11.4 Å². The van der Waals surface area contributed by atoms with E-state index >= 15 is 0 Å². The zero-order valence-electron chi connectivity index (χ0n) is 10.9. The molecule has 3 nitrogen and oxygen atoms in total. The number of H-pyrrole nitrogens is 1. The van der Waals surface area contributed by atoms with Crippen LogP contribution in [0.4, 0.5) is 5.69 Å². The quantitative estimate of drug-likeness (QED) is 0.774. The summed E-state index contributed by atoms with van der Waals surface area (Å²) in [5, 5.41) is 9.81. The summed E-state index contributed by atoms with van der Waals surface area (Å²) >= 11 is 0. The molecule has 0 atom stereocenters. The van der Waals surface area contributed by atoms with E-state index in [1.807, 2.05) is 30.5 Å². The van der Waals surface area contributed by atoms with E-state index in [4.69, 9.17) is 0 Å². The van der Waals surface area contributed by atoms with Gasteiger partial charge in [-0.3, -0.25) is 4.99 Å². The van der Waals surface area contributed by atoms with Crippen LogP contribution in [0.25, 0.3) is 0 Å². The smallest absolute Gasteiger partial charge is 0.141 e. The van der Waals surface area contributed by atoms with Crippen LogP contribution in [0.2, 0.25) is 0 Å². The third kappa shape index (κ3) is 2.80.